The van der Waals surface area contributed by atoms with E-state index in [2.05, 4.69) is 11.9 Å². The van der Waals surface area contributed by atoms with Gasteiger partial charge in [-0.1, -0.05) is 6.92 Å². The van der Waals surface area contributed by atoms with E-state index in [4.69, 9.17) is 0 Å². The molecule has 0 N–H and O–H groups in total. The SMILES string of the molecule is C[C]1CCC(CN=C=O)CC1. The Bertz CT molecular complexity index is 153. The molecule has 61 valence electrons. The Morgan fingerprint density at radius 1 is 1.55 bits per heavy atom. The average Bonchev–Trinajstić information content (AvgIpc) is 2.04. The molecule has 0 aliphatic heterocycles. The maximum absolute atomic E-state index is 9.81. The molecule has 0 amide bonds. The Labute approximate surface area is 67.7 Å². The van der Waals surface area contributed by atoms with Crippen molar-refractivity contribution in [2.45, 2.75) is 32.6 Å². The summed E-state index contributed by atoms with van der Waals surface area (Å²) >= 11 is 0. The molecule has 1 fully saturated rings. The molecule has 0 saturated heterocycles. The molecule has 11 heavy (non-hydrogen) atoms. The summed E-state index contributed by atoms with van der Waals surface area (Å²) in [6.07, 6.45) is 6.45. The Balaban J connectivity index is 2.22. The lowest BCUT2D eigenvalue weighted by Crippen LogP contribution is -2.13. The third kappa shape index (κ3) is 2.85. The monoisotopic (exact) mass is 152 g/mol. The Hall–Kier alpha value is -0.620. The first-order valence-electron chi connectivity index (χ1n) is 4.18. The topological polar surface area (TPSA) is 29.4 Å². The fourth-order valence-corrected chi connectivity index (χ4v) is 1.52. The van der Waals surface area contributed by atoms with E-state index in [0.717, 1.165) is 0 Å². The van der Waals surface area contributed by atoms with Gasteiger partial charge in [0.15, 0.2) is 0 Å². The highest BCUT2D eigenvalue weighted by molar-refractivity contribution is 5.32. The van der Waals surface area contributed by atoms with Crippen molar-refractivity contribution in [1.29, 1.82) is 0 Å². The first-order valence-corrected chi connectivity index (χ1v) is 4.18. The molecule has 0 aromatic carbocycles. The van der Waals surface area contributed by atoms with E-state index in [0.29, 0.717) is 12.5 Å². The minimum Gasteiger partial charge on any atom is -0.211 e. The first kappa shape index (κ1) is 8.48. The highest BCUT2D eigenvalue weighted by atomic mass is 16.1. The van der Waals surface area contributed by atoms with Crippen LogP contribution >= 0.6 is 0 Å². The van der Waals surface area contributed by atoms with Gasteiger partial charge in [-0.15, -0.1) is 0 Å². The van der Waals surface area contributed by atoms with Crippen LogP contribution in [0.25, 0.3) is 0 Å². The van der Waals surface area contributed by atoms with Crippen molar-refractivity contribution in [2.75, 3.05) is 6.54 Å². The highest BCUT2D eigenvalue weighted by Gasteiger charge is 2.17. The molecule has 1 radical (unpaired) electrons. The van der Waals surface area contributed by atoms with Gasteiger partial charge in [0.2, 0.25) is 6.08 Å². The van der Waals surface area contributed by atoms with Gasteiger partial charge in [0.25, 0.3) is 0 Å². The molecule has 1 saturated carbocycles. The molecular formula is C9H14NO. The minimum atomic E-state index is 0.639. The summed E-state index contributed by atoms with van der Waals surface area (Å²) in [6.45, 7) is 2.90. The van der Waals surface area contributed by atoms with Gasteiger partial charge in [-0.3, -0.25) is 0 Å². The van der Waals surface area contributed by atoms with Crippen molar-refractivity contribution in [3.8, 4) is 0 Å². The first-order chi connectivity index (χ1) is 5.33. The molecule has 0 spiro atoms. The van der Waals surface area contributed by atoms with E-state index in [1.54, 1.807) is 12.0 Å². The quantitative estimate of drug-likeness (QED) is 0.440. The third-order valence-corrected chi connectivity index (χ3v) is 2.37. The second-order valence-electron chi connectivity index (χ2n) is 3.33. The predicted molar refractivity (Wildman–Crippen MR) is 43.9 cm³/mol. The Morgan fingerprint density at radius 3 is 2.73 bits per heavy atom. The Morgan fingerprint density at radius 2 is 2.18 bits per heavy atom. The van der Waals surface area contributed by atoms with Crippen molar-refractivity contribution >= 4 is 6.08 Å². The maximum atomic E-state index is 9.81. The molecule has 0 aromatic heterocycles. The van der Waals surface area contributed by atoms with Gasteiger partial charge in [0.05, 0.1) is 6.54 Å². The predicted octanol–water partition coefficient (Wildman–Crippen LogP) is 2.11. The molecule has 1 aliphatic rings. The van der Waals surface area contributed by atoms with Gasteiger partial charge in [-0.05, 0) is 37.5 Å². The van der Waals surface area contributed by atoms with Crippen molar-refractivity contribution in [3.63, 3.8) is 0 Å². The van der Waals surface area contributed by atoms with Crippen molar-refractivity contribution < 1.29 is 4.79 Å². The smallest absolute Gasteiger partial charge is 0.211 e. The van der Waals surface area contributed by atoms with Gasteiger partial charge in [-0.2, -0.15) is 0 Å². The zero-order chi connectivity index (χ0) is 8.10. The number of isocyanates is 1. The van der Waals surface area contributed by atoms with E-state index in [-0.39, 0.29) is 0 Å². The number of rotatable bonds is 2. The normalized spacial score (nSPS) is 21.2. The van der Waals surface area contributed by atoms with Crippen molar-refractivity contribution in [3.05, 3.63) is 5.92 Å². The number of hydrogen-bond acceptors (Lipinski definition) is 2. The van der Waals surface area contributed by atoms with Crippen LogP contribution in [0.15, 0.2) is 4.99 Å². The van der Waals surface area contributed by atoms with Crippen molar-refractivity contribution in [1.82, 2.24) is 0 Å². The molecule has 1 rings (SSSR count). The number of hydrogen-bond donors (Lipinski definition) is 0. The number of aliphatic imine (C=N–C) groups is 1. The van der Waals surface area contributed by atoms with Crippen LogP contribution in [0.3, 0.4) is 0 Å². The second-order valence-corrected chi connectivity index (χ2v) is 3.33. The summed E-state index contributed by atoms with van der Waals surface area (Å²) < 4.78 is 0. The number of nitrogens with zero attached hydrogens (tertiary/aromatic N) is 1. The van der Waals surface area contributed by atoms with Gasteiger partial charge in [-0.25, -0.2) is 9.79 Å². The maximum Gasteiger partial charge on any atom is 0.234 e. The highest BCUT2D eigenvalue weighted by Crippen LogP contribution is 2.29. The molecule has 0 bridgehead atoms. The van der Waals surface area contributed by atoms with Crippen LogP contribution in [-0.4, -0.2) is 12.6 Å². The van der Waals surface area contributed by atoms with Crippen LogP contribution in [-0.2, 0) is 4.79 Å². The summed E-state index contributed by atoms with van der Waals surface area (Å²) in [6, 6.07) is 0. The molecule has 0 unspecified atom stereocenters. The molecular weight excluding hydrogens is 138 g/mol. The van der Waals surface area contributed by atoms with Crippen molar-refractivity contribution in [2.24, 2.45) is 10.9 Å². The van der Waals surface area contributed by atoms with Crippen LogP contribution in [0.1, 0.15) is 32.6 Å². The Kier molecular flexibility index (Phi) is 3.31. The molecule has 1 aliphatic carbocycles. The summed E-state index contributed by atoms with van der Waals surface area (Å²) in [4.78, 5) is 13.4. The third-order valence-electron chi connectivity index (χ3n) is 2.37. The van der Waals surface area contributed by atoms with E-state index in [1.165, 1.54) is 25.7 Å². The molecule has 0 atom stereocenters. The van der Waals surface area contributed by atoms with Crippen LogP contribution in [0.4, 0.5) is 0 Å². The molecule has 0 heterocycles. The summed E-state index contributed by atoms with van der Waals surface area (Å²) in [7, 11) is 0. The fraction of sp³-hybridized carbons (Fsp3) is 0.778. The van der Waals surface area contributed by atoms with Crippen LogP contribution < -0.4 is 0 Å². The van der Waals surface area contributed by atoms with Gasteiger partial charge >= 0.3 is 0 Å². The lowest BCUT2D eigenvalue weighted by Gasteiger charge is -2.23. The van der Waals surface area contributed by atoms with Crippen LogP contribution in [0.2, 0.25) is 0 Å². The standard InChI is InChI=1S/C9H14NO/c1-8-2-4-9(5-3-8)6-10-7-11/h9H,2-6H2,1H3. The van der Waals surface area contributed by atoms with Gasteiger partial charge < -0.3 is 0 Å². The van der Waals surface area contributed by atoms with E-state index in [1.807, 2.05) is 0 Å². The van der Waals surface area contributed by atoms with Gasteiger partial charge in [0.1, 0.15) is 0 Å². The van der Waals surface area contributed by atoms with E-state index in [9.17, 15) is 4.79 Å². The average molecular weight is 152 g/mol. The largest absolute Gasteiger partial charge is 0.234 e. The number of carbonyl (C=O) groups excluding carboxylic acids is 1. The van der Waals surface area contributed by atoms with Crippen LogP contribution in [0, 0.1) is 11.8 Å². The minimum absolute atomic E-state index is 0.639. The van der Waals surface area contributed by atoms with E-state index >= 15 is 0 Å². The molecule has 2 heteroatoms. The fourth-order valence-electron chi connectivity index (χ4n) is 1.52. The van der Waals surface area contributed by atoms with E-state index < -0.39 is 0 Å². The lowest BCUT2D eigenvalue weighted by molar-refractivity contribution is 0.388. The van der Waals surface area contributed by atoms with Gasteiger partial charge in [0, 0.05) is 0 Å². The second kappa shape index (κ2) is 4.30. The zero-order valence-electron chi connectivity index (χ0n) is 6.97. The molecule has 2 nitrogen and oxygen atoms in total. The summed E-state index contributed by atoms with van der Waals surface area (Å²) in [5, 5.41) is 0. The van der Waals surface area contributed by atoms with Crippen LogP contribution in [0.5, 0.6) is 0 Å². The lowest BCUT2D eigenvalue weighted by atomic mass is 9.83. The summed E-state index contributed by atoms with van der Waals surface area (Å²) in [5.41, 5.74) is 0. The summed E-state index contributed by atoms with van der Waals surface area (Å²) in [5.74, 6) is 2.23. The zero-order valence-corrected chi connectivity index (χ0v) is 6.97. The molecule has 0 aromatic rings.